The highest BCUT2D eigenvalue weighted by atomic mass is 15.2. The van der Waals surface area contributed by atoms with Crippen LogP contribution in [0.3, 0.4) is 0 Å². The minimum absolute atomic E-state index is 0.507. The Labute approximate surface area is 117 Å². The molecule has 0 radical (unpaired) electrons. The fraction of sp³-hybridized carbons (Fsp3) is 0.688. The molecule has 2 heterocycles. The minimum atomic E-state index is 0.507. The van der Waals surface area contributed by atoms with E-state index in [0.29, 0.717) is 6.04 Å². The van der Waals surface area contributed by atoms with Gasteiger partial charge in [0.05, 0.1) is 0 Å². The van der Waals surface area contributed by atoms with Crippen molar-refractivity contribution in [3.8, 4) is 0 Å². The lowest BCUT2D eigenvalue weighted by atomic mass is 10.1. The molecular weight excluding hydrogens is 234 g/mol. The van der Waals surface area contributed by atoms with E-state index < -0.39 is 0 Å². The zero-order valence-corrected chi connectivity index (χ0v) is 12.1. The second-order valence-corrected chi connectivity index (χ2v) is 5.61. The number of likely N-dealkylation sites (tertiary alicyclic amines) is 2. The molecule has 2 saturated heterocycles. The number of hydrogen-bond acceptors (Lipinski definition) is 3. The van der Waals surface area contributed by atoms with E-state index in [1.54, 1.807) is 0 Å². The van der Waals surface area contributed by atoms with Crippen LogP contribution in [0.15, 0.2) is 29.4 Å². The summed E-state index contributed by atoms with van der Waals surface area (Å²) in [5.74, 6) is 0. The van der Waals surface area contributed by atoms with E-state index in [1.165, 1.54) is 70.4 Å². The summed E-state index contributed by atoms with van der Waals surface area (Å²) in [7, 11) is 0. The van der Waals surface area contributed by atoms with Crippen LogP contribution in [0.2, 0.25) is 0 Å². The van der Waals surface area contributed by atoms with Gasteiger partial charge in [0, 0.05) is 25.3 Å². The maximum atomic E-state index is 3.92. The number of hydrogen-bond donors (Lipinski definition) is 0. The third kappa shape index (κ3) is 4.02. The fourth-order valence-electron chi connectivity index (χ4n) is 3.30. The molecular formula is C16H27N3. The summed E-state index contributed by atoms with van der Waals surface area (Å²) in [4.78, 5) is 9.12. The Morgan fingerprint density at radius 2 is 1.89 bits per heavy atom. The number of aliphatic imine (C=N–C) groups is 1. The quantitative estimate of drug-likeness (QED) is 0.541. The third-order valence-corrected chi connectivity index (χ3v) is 4.38. The summed E-state index contributed by atoms with van der Waals surface area (Å²) in [6, 6.07) is 0.507. The fourth-order valence-corrected chi connectivity index (χ4v) is 3.30. The van der Waals surface area contributed by atoms with Gasteiger partial charge >= 0.3 is 0 Å². The standard InChI is InChI=1S/C16H27N3/c1-3-15(14-17-2)16-8-7-11-19(16)13-12-18-9-5-4-6-10-18/h3,14,16H,1-2,4-13H2/b15-14+. The van der Waals surface area contributed by atoms with Crippen molar-refractivity contribution in [2.45, 2.75) is 38.1 Å². The van der Waals surface area contributed by atoms with E-state index in [9.17, 15) is 0 Å². The van der Waals surface area contributed by atoms with E-state index in [2.05, 4.69) is 28.1 Å². The van der Waals surface area contributed by atoms with E-state index in [-0.39, 0.29) is 0 Å². The van der Waals surface area contributed by atoms with Crippen molar-refractivity contribution in [1.82, 2.24) is 9.80 Å². The van der Waals surface area contributed by atoms with Gasteiger partial charge in [0.25, 0.3) is 0 Å². The molecule has 0 amide bonds. The van der Waals surface area contributed by atoms with Crippen LogP contribution in [-0.2, 0) is 0 Å². The molecule has 0 bridgehead atoms. The van der Waals surface area contributed by atoms with Crippen molar-refractivity contribution >= 4 is 6.72 Å². The van der Waals surface area contributed by atoms with E-state index >= 15 is 0 Å². The largest absolute Gasteiger partial charge is 0.302 e. The van der Waals surface area contributed by atoms with Gasteiger partial charge in [-0.2, -0.15) is 0 Å². The SMILES string of the molecule is C=C/C(=C\N=C)C1CCCN1CCN1CCCCC1. The van der Waals surface area contributed by atoms with Crippen LogP contribution in [0.4, 0.5) is 0 Å². The summed E-state index contributed by atoms with van der Waals surface area (Å²) in [5, 5.41) is 0. The van der Waals surface area contributed by atoms with E-state index in [0.717, 1.165) is 0 Å². The Kier molecular flexibility index (Phi) is 5.80. The predicted molar refractivity (Wildman–Crippen MR) is 82.7 cm³/mol. The maximum absolute atomic E-state index is 3.92. The molecule has 1 atom stereocenters. The molecule has 0 saturated carbocycles. The summed E-state index contributed by atoms with van der Waals surface area (Å²) in [6.07, 6.45) is 10.5. The zero-order chi connectivity index (χ0) is 13.5. The number of rotatable bonds is 6. The van der Waals surface area contributed by atoms with Crippen LogP contribution in [0.1, 0.15) is 32.1 Å². The lowest BCUT2D eigenvalue weighted by Gasteiger charge is -2.31. The molecule has 0 aromatic rings. The minimum Gasteiger partial charge on any atom is -0.302 e. The summed E-state index contributed by atoms with van der Waals surface area (Å²) < 4.78 is 0. The van der Waals surface area contributed by atoms with Gasteiger partial charge in [-0.1, -0.05) is 19.1 Å². The highest BCUT2D eigenvalue weighted by Crippen LogP contribution is 2.24. The topological polar surface area (TPSA) is 18.8 Å². The van der Waals surface area contributed by atoms with Gasteiger partial charge in [-0.3, -0.25) is 9.89 Å². The van der Waals surface area contributed by atoms with E-state index in [1.807, 2.05) is 12.3 Å². The first-order valence-electron chi connectivity index (χ1n) is 7.60. The Morgan fingerprint density at radius 1 is 1.11 bits per heavy atom. The first kappa shape index (κ1) is 14.5. The predicted octanol–water partition coefficient (Wildman–Crippen LogP) is 2.71. The molecule has 2 aliphatic heterocycles. The molecule has 3 heteroatoms. The van der Waals surface area contributed by atoms with Gasteiger partial charge in [-0.15, -0.1) is 0 Å². The molecule has 2 aliphatic rings. The average molecular weight is 261 g/mol. The van der Waals surface area contributed by atoms with Crippen molar-refractivity contribution in [2.75, 3.05) is 32.7 Å². The number of piperidine rings is 1. The molecule has 0 spiro atoms. The lowest BCUT2D eigenvalue weighted by Crippen LogP contribution is -2.40. The summed E-state index contributed by atoms with van der Waals surface area (Å²) >= 11 is 0. The van der Waals surface area contributed by atoms with Crippen LogP contribution < -0.4 is 0 Å². The zero-order valence-electron chi connectivity index (χ0n) is 12.1. The van der Waals surface area contributed by atoms with Crippen LogP contribution in [-0.4, -0.2) is 55.3 Å². The molecule has 3 nitrogen and oxygen atoms in total. The number of nitrogens with zero attached hydrogens (tertiary/aromatic N) is 3. The van der Waals surface area contributed by atoms with Gasteiger partial charge in [0.1, 0.15) is 0 Å². The molecule has 0 aromatic heterocycles. The summed E-state index contributed by atoms with van der Waals surface area (Å²) in [5.41, 5.74) is 1.23. The van der Waals surface area contributed by atoms with Crippen molar-refractivity contribution in [1.29, 1.82) is 0 Å². The van der Waals surface area contributed by atoms with Crippen molar-refractivity contribution in [3.63, 3.8) is 0 Å². The van der Waals surface area contributed by atoms with Crippen LogP contribution >= 0.6 is 0 Å². The molecule has 0 aliphatic carbocycles. The molecule has 0 aromatic carbocycles. The lowest BCUT2D eigenvalue weighted by molar-refractivity contribution is 0.183. The normalized spacial score (nSPS) is 26.5. The molecule has 106 valence electrons. The highest BCUT2D eigenvalue weighted by Gasteiger charge is 2.26. The van der Waals surface area contributed by atoms with Crippen LogP contribution in [0.25, 0.3) is 0 Å². The summed E-state index contributed by atoms with van der Waals surface area (Å²) in [6.45, 7) is 13.6. The molecule has 0 N–H and O–H groups in total. The van der Waals surface area contributed by atoms with Crippen molar-refractivity contribution in [3.05, 3.63) is 24.4 Å². The Hall–Kier alpha value is -0.930. The van der Waals surface area contributed by atoms with Crippen molar-refractivity contribution in [2.24, 2.45) is 4.99 Å². The van der Waals surface area contributed by atoms with Gasteiger partial charge in [-0.05, 0) is 57.6 Å². The van der Waals surface area contributed by atoms with Gasteiger partial charge in [0.15, 0.2) is 0 Å². The van der Waals surface area contributed by atoms with Crippen LogP contribution in [0.5, 0.6) is 0 Å². The van der Waals surface area contributed by atoms with E-state index in [4.69, 9.17) is 0 Å². The average Bonchev–Trinajstić information content (AvgIpc) is 2.92. The first-order valence-corrected chi connectivity index (χ1v) is 7.60. The molecule has 1 unspecified atom stereocenters. The molecule has 2 fully saturated rings. The highest BCUT2D eigenvalue weighted by molar-refractivity contribution is 5.31. The maximum Gasteiger partial charge on any atom is 0.0364 e. The van der Waals surface area contributed by atoms with Gasteiger partial charge in [0.2, 0.25) is 0 Å². The van der Waals surface area contributed by atoms with Gasteiger partial charge < -0.3 is 4.90 Å². The third-order valence-electron chi connectivity index (χ3n) is 4.38. The second kappa shape index (κ2) is 7.61. The Balaban J connectivity index is 1.85. The molecule has 19 heavy (non-hydrogen) atoms. The Bertz CT molecular complexity index is 329. The van der Waals surface area contributed by atoms with Gasteiger partial charge in [-0.25, -0.2) is 0 Å². The second-order valence-electron chi connectivity index (χ2n) is 5.61. The molecule has 2 rings (SSSR count). The first-order chi connectivity index (χ1) is 9.35. The smallest absolute Gasteiger partial charge is 0.0364 e. The van der Waals surface area contributed by atoms with Crippen molar-refractivity contribution < 1.29 is 0 Å². The van der Waals surface area contributed by atoms with Crippen LogP contribution in [0, 0.1) is 0 Å². The Morgan fingerprint density at radius 3 is 2.58 bits per heavy atom. The monoisotopic (exact) mass is 261 g/mol.